The molecule has 264 valence electrons. The molecule has 1 heterocycles. The number of ether oxygens (including phenoxy) is 3. The minimum atomic E-state index is -1.12. The fourth-order valence-corrected chi connectivity index (χ4v) is 6.62. The standard InChI is InChI=1S/C40H47N3O7/c1-24(49-39(2,3)4)31(36(41)45)21-35(44)33(20-25-22-43(38(47)50-40(5,6)7)34-19-13-12-14-26(25)34)42-37(46)48-23-32-29-17-10-8-15-27(29)28-16-9-11-18-30(28)32/h8-19,22,24,31-33H,20-21,23H2,1-7H3,(H2,41,45)(H,42,46)/t24-,31-,33+/m1/s1. The number of hydrogen-bond acceptors (Lipinski definition) is 7. The number of ketones is 1. The molecule has 0 spiro atoms. The number of nitrogens with two attached hydrogens (primary N) is 1. The van der Waals surface area contributed by atoms with Gasteiger partial charge in [0.25, 0.3) is 0 Å². The largest absolute Gasteiger partial charge is 0.449 e. The molecule has 5 rings (SSSR count). The average molecular weight is 682 g/mol. The van der Waals surface area contributed by atoms with Crippen LogP contribution >= 0.6 is 0 Å². The molecule has 1 aliphatic carbocycles. The van der Waals surface area contributed by atoms with Crippen LogP contribution in [0.1, 0.15) is 77.5 Å². The lowest BCUT2D eigenvalue weighted by atomic mass is 9.91. The van der Waals surface area contributed by atoms with E-state index in [1.165, 1.54) is 4.57 Å². The summed E-state index contributed by atoms with van der Waals surface area (Å²) >= 11 is 0. The number of Topliss-reactive ketones (excluding diaryl/α,β-unsaturated/α-hetero) is 1. The Hall–Kier alpha value is -4.96. The van der Waals surface area contributed by atoms with Gasteiger partial charge in [0.1, 0.15) is 12.2 Å². The molecule has 3 aromatic carbocycles. The van der Waals surface area contributed by atoms with Crippen molar-refractivity contribution in [3.05, 3.63) is 95.7 Å². The quantitative estimate of drug-likeness (QED) is 0.172. The smallest absolute Gasteiger partial charge is 0.419 e. The van der Waals surface area contributed by atoms with E-state index in [1.807, 2.05) is 69.3 Å². The lowest BCUT2D eigenvalue weighted by Gasteiger charge is -2.30. The summed E-state index contributed by atoms with van der Waals surface area (Å²) in [5.74, 6) is -2.24. The summed E-state index contributed by atoms with van der Waals surface area (Å²) < 4.78 is 18.9. The van der Waals surface area contributed by atoms with E-state index in [2.05, 4.69) is 17.4 Å². The van der Waals surface area contributed by atoms with Crippen LogP contribution in [0.5, 0.6) is 0 Å². The first-order valence-electron chi connectivity index (χ1n) is 17.0. The Bertz CT molecular complexity index is 1850. The Morgan fingerprint density at radius 1 is 0.840 bits per heavy atom. The number of fused-ring (bicyclic) bond motifs is 4. The van der Waals surface area contributed by atoms with Gasteiger partial charge in [-0.2, -0.15) is 0 Å². The van der Waals surface area contributed by atoms with Crippen LogP contribution in [-0.4, -0.2) is 58.4 Å². The van der Waals surface area contributed by atoms with Crippen molar-refractivity contribution in [3.8, 4) is 11.1 Å². The van der Waals surface area contributed by atoms with Crippen molar-refractivity contribution in [1.82, 2.24) is 9.88 Å². The van der Waals surface area contributed by atoms with Crippen molar-refractivity contribution < 1.29 is 33.4 Å². The molecule has 1 aliphatic rings. The summed E-state index contributed by atoms with van der Waals surface area (Å²) in [4.78, 5) is 53.4. The molecule has 2 amide bonds. The maximum Gasteiger partial charge on any atom is 0.419 e. The summed E-state index contributed by atoms with van der Waals surface area (Å²) in [6.07, 6.45) is -0.661. The first-order valence-corrected chi connectivity index (χ1v) is 17.0. The molecule has 3 N–H and O–H groups in total. The maximum absolute atomic E-state index is 14.1. The number of nitrogens with zero attached hydrogens (tertiary/aromatic N) is 1. The lowest BCUT2D eigenvalue weighted by Crippen LogP contribution is -2.46. The number of amides is 2. The van der Waals surface area contributed by atoms with Crippen LogP contribution in [0.4, 0.5) is 9.59 Å². The summed E-state index contributed by atoms with van der Waals surface area (Å²) in [6.45, 7) is 12.7. The van der Waals surface area contributed by atoms with Gasteiger partial charge < -0.3 is 25.3 Å². The van der Waals surface area contributed by atoms with Gasteiger partial charge in [-0.25, -0.2) is 9.59 Å². The Balaban J connectivity index is 1.42. The second kappa shape index (κ2) is 14.5. The number of primary amides is 1. The first-order chi connectivity index (χ1) is 23.5. The number of aromatic nitrogens is 1. The Morgan fingerprint density at radius 2 is 1.42 bits per heavy atom. The fourth-order valence-electron chi connectivity index (χ4n) is 6.62. The fraction of sp³-hybridized carbons (Fsp3) is 0.400. The molecule has 0 aliphatic heterocycles. The molecule has 0 radical (unpaired) electrons. The number of nitrogens with one attached hydrogen (secondary N) is 1. The second-order valence-corrected chi connectivity index (χ2v) is 14.9. The van der Waals surface area contributed by atoms with Gasteiger partial charge >= 0.3 is 12.2 Å². The zero-order valence-electron chi connectivity index (χ0n) is 29.8. The Labute approximate surface area is 293 Å². The number of hydrogen-bond donors (Lipinski definition) is 2. The monoisotopic (exact) mass is 681 g/mol. The van der Waals surface area contributed by atoms with E-state index in [4.69, 9.17) is 19.9 Å². The minimum absolute atomic E-state index is 0.0132. The normalized spacial score (nSPS) is 14.7. The van der Waals surface area contributed by atoms with Crippen LogP contribution < -0.4 is 11.1 Å². The second-order valence-electron chi connectivity index (χ2n) is 14.9. The van der Waals surface area contributed by atoms with Gasteiger partial charge in [0.2, 0.25) is 5.91 Å². The van der Waals surface area contributed by atoms with E-state index >= 15 is 0 Å². The van der Waals surface area contributed by atoms with Crippen LogP contribution in [0.3, 0.4) is 0 Å². The van der Waals surface area contributed by atoms with E-state index in [1.54, 1.807) is 46.0 Å². The van der Waals surface area contributed by atoms with Gasteiger partial charge in [0.05, 0.1) is 29.2 Å². The maximum atomic E-state index is 14.1. The van der Waals surface area contributed by atoms with Gasteiger partial charge in [0, 0.05) is 30.3 Å². The number of para-hydroxylation sites is 1. The van der Waals surface area contributed by atoms with Crippen molar-refractivity contribution in [2.45, 2.75) is 90.6 Å². The highest BCUT2D eigenvalue weighted by Gasteiger charge is 2.34. The molecular weight excluding hydrogens is 634 g/mol. The molecule has 3 atom stereocenters. The number of carbonyl (C=O) groups is 4. The van der Waals surface area contributed by atoms with Crippen LogP contribution in [0.2, 0.25) is 0 Å². The third-order valence-corrected chi connectivity index (χ3v) is 8.73. The van der Waals surface area contributed by atoms with Gasteiger partial charge in [-0.1, -0.05) is 66.7 Å². The van der Waals surface area contributed by atoms with E-state index in [0.717, 1.165) is 22.3 Å². The van der Waals surface area contributed by atoms with E-state index in [-0.39, 0.29) is 25.4 Å². The lowest BCUT2D eigenvalue weighted by molar-refractivity contribution is -0.138. The molecule has 10 heteroatoms. The molecule has 1 aromatic heterocycles. The molecule has 0 saturated heterocycles. The molecular formula is C40H47N3O7. The molecule has 4 aromatic rings. The van der Waals surface area contributed by atoms with Crippen LogP contribution in [0, 0.1) is 5.92 Å². The van der Waals surface area contributed by atoms with Crippen molar-refractivity contribution in [2.75, 3.05) is 6.61 Å². The zero-order valence-corrected chi connectivity index (χ0v) is 29.8. The van der Waals surface area contributed by atoms with Crippen molar-refractivity contribution >= 4 is 34.8 Å². The highest BCUT2D eigenvalue weighted by molar-refractivity contribution is 5.95. The van der Waals surface area contributed by atoms with Crippen LogP contribution in [0.25, 0.3) is 22.0 Å². The predicted molar refractivity (Wildman–Crippen MR) is 192 cm³/mol. The predicted octanol–water partition coefficient (Wildman–Crippen LogP) is 7.14. The number of carbonyl (C=O) groups excluding carboxylic acids is 4. The first kappa shape index (κ1) is 36.3. The molecule has 0 fully saturated rings. The van der Waals surface area contributed by atoms with Gasteiger partial charge in [0.15, 0.2) is 5.78 Å². The third-order valence-electron chi connectivity index (χ3n) is 8.73. The summed E-state index contributed by atoms with van der Waals surface area (Å²) in [7, 11) is 0. The average Bonchev–Trinajstić information content (AvgIpc) is 3.56. The topological polar surface area (TPSA) is 139 Å². The molecule has 0 unspecified atom stereocenters. The van der Waals surface area contributed by atoms with Crippen molar-refractivity contribution in [2.24, 2.45) is 11.7 Å². The van der Waals surface area contributed by atoms with Crippen LogP contribution in [-0.2, 0) is 30.2 Å². The van der Waals surface area contributed by atoms with Crippen molar-refractivity contribution in [1.29, 1.82) is 0 Å². The van der Waals surface area contributed by atoms with E-state index < -0.39 is 53.1 Å². The summed E-state index contributed by atoms with van der Waals surface area (Å²) in [5, 5.41) is 3.49. The molecule has 0 bridgehead atoms. The zero-order chi connectivity index (χ0) is 36.4. The summed E-state index contributed by atoms with van der Waals surface area (Å²) in [6, 6.07) is 22.2. The SMILES string of the molecule is C[C@@H](OC(C)(C)C)[C@@H](CC(=O)[C@H](Cc1cn(C(=O)OC(C)(C)C)c2ccccc12)NC(=O)OCC1c2ccccc2-c2ccccc21)C(N)=O. The highest BCUT2D eigenvalue weighted by atomic mass is 16.6. The Kier molecular flexibility index (Phi) is 10.5. The van der Waals surface area contributed by atoms with E-state index in [0.29, 0.717) is 16.5 Å². The Morgan fingerprint density at radius 3 is 2.00 bits per heavy atom. The van der Waals surface area contributed by atoms with Crippen molar-refractivity contribution in [3.63, 3.8) is 0 Å². The summed E-state index contributed by atoms with van der Waals surface area (Å²) in [5.41, 5.74) is 9.97. The third kappa shape index (κ3) is 8.42. The highest BCUT2D eigenvalue weighted by Crippen LogP contribution is 2.44. The number of benzene rings is 3. The van der Waals surface area contributed by atoms with Crippen LogP contribution in [0.15, 0.2) is 79.0 Å². The minimum Gasteiger partial charge on any atom is -0.449 e. The van der Waals surface area contributed by atoms with Gasteiger partial charge in [-0.3, -0.25) is 14.2 Å². The number of rotatable bonds is 11. The molecule has 50 heavy (non-hydrogen) atoms. The molecule has 0 saturated carbocycles. The van der Waals surface area contributed by atoms with Gasteiger partial charge in [-0.05, 0) is 82.3 Å². The van der Waals surface area contributed by atoms with E-state index in [9.17, 15) is 19.2 Å². The number of alkyl carbamates (subject to hydrolysis) is 1. The molecule has 10 nitrogen and oxygen atoms in total. The van der Waals surface area contributed by atoms with Gasteiger partial charge in [-0.15, -0.1) is 0 Å².